The average Bonchev–Trinajstić information content (AvgIpc) is 2.52. The number of benzene rings is 2. The second-order valence-corrected chi connectivity index (χ2v) is 6.95. The van der Waals surface area contributed by atoms with Gasteiger partial charge >= 0.3 is 5.97 Å². The summed E-state index contributed by atoms with van der Waals surface area (Å²) in [4.78, 5) is 16.0. The van der Waals surface area contributed by atoms with Crippen LogP contribution in [0.1, 0.15) is 19.4 Å². The van der Waals surface area contributed by atoms with Crippen LogP contribution in [0.25, 0.3) is 0 Å². The third kappa shape index (κ3) is 4.50. The third-order valence-corrected chi connectivity index (χ3v) is 4.29. The lowest BCUT2D eigenvalue weighted by Crippen LogP contribution is -2.15. The fraction of sp³-hybridized carbons (Fsp3) is 0.176. The van der Waals surface area contributed by atoms with E-state index >= 15 is 0 Å². The van der Waals surface area contributed by atoms with Crippen molar-refractivity contribution in [3.8, 4) is 11.5 Å². The second kappa shape index (κ2) is 8.01. The van der Waals surface area contributed by atoms with E-state index in [0.29, 0.717) is 25.8 Å². The Labute approximate surface area is 158 Å². The van der Waals surface area contributed by atoms with Crippen LogP contribution in [0.4, 0.5) is 5.69 Å². The first-order valence-corrected chi connectivity index (χ1v) is 8.56. The number of hydrogen-bond donors (Lipinski definition) is 1. The number of aliphatic imine (C=N–C) groups is 1. The van der Waals surface area contributed by atoms with Crippen LogP contribution in [0.5, 0.6) is 11.5 Å². The number of phenols is 1. The van der Waals surface area contributed by atoms with Gasteiger partial charge in [-0.05, 0) is 24.3 Å². The van der Waals surface area contributed by atoms with Crippen LogP contribution in [0.15, 0.2) is 39.8 Å². The van der Waals surface area contributed by atoms with Crippen molar-refractivity contribution in [2.45, 2.75) is 13.8 Å². The Balaban J connectivity index is 2.37. The van der Waals surface area contributed by atoms with Gasteiger partial charge in [-0.2, -0.15) is 0 Å². The number of carbonyl (C=O) groups is 1. The molecule has 126 valence electrons. The molecule has 0 unspecified atom stereocenters. The van der Waals surface area contributed by atoms with Crippen molar-refractivity contribution in [3.05, 3.63) is 50.4 Å². The number of phenolic OH excluding ortho intramolecular Hbond substituents is 1. The first-order valence-electron chi connectivity index (χ1n) is 7.02. The lowest BCUT2D eigenvalue weighted by atomic mass is 10.2. The first-order chi connectivity index (χ1) is 11.3. The molecule has 0 amide bonds. The van der Waals surface area contributed by atoms with E-state index in [9.17, 15) is 9.90 Å². The highest BCUT2D eigenvalue weighted by Gasteiger charge is 2.15. The minimum atomic E-state index is -0.441. The molecule has 0 aliphatic heterocycles. The molecule has 24 heavy (non-hydrogen) atoms. The molecule has 2 aromatic carbocycles. The highest BCUT2D eigenvalue weighted by Crippen LogP contribution is 2.35. The Hall–Kier alpha value is -1.56. The molecule has 0 bridgehead atoms. The van der Waals surface area contributed by atoms with Crippen LogP contribution in [-0.4, -0.2) is 17.3 Å². The number of rotatable bonds is 4. The van der Waals surface area contributed by atoms with Gasteiger partial charge < -0.3 is 9.84 Å². The van der Waals surface area contributed by atoms with E-state index in [0.717, 1.165) is 0 Å². The van der Waals surface area contributed by atoms with Crippen molar-refractivity contribution >= 4 is 57.0 Å². The normalized spacial score (nSPS) is 11.2. The Kier molecular flexibility index (Phi) is 6.27. The molecule has 0 aliphatic rings. The second-order valence-electron chi connectivity index (χ2n) is 5.25. The van der Waals surface area contributed by atoms with Gasteiger partial charge in [0.1, 0.15) is 0 Å². The molecular formula is C17H14BrCl2NO3. The predicted octanol–water partition coefficient (Wildman–Crippen LogP) is 5.77. The lowest BCUT2D eigenvalue weighted by Gasteiger charge is -2.10. The molecular weight excluding hydrogens is 417 g/mol. The van der Waals surface area contributed by atoms with Crippen LogP contribution in [-0.2, 0) is 4.79 Å². The summed E-state index contributed by atoms with van der Waals surface area (Å²) in [6, 6.07) is 8.23. The maximum absolute atomic E-state index is 11.7. The zero-order valence-electron chi connectivity index (χ0n) is 12.9. The number of halogens is 3. The van der Waals surface area contributed by atoms with Gasteiger partial charge in [-0.25, -0.2) is 0 Å². The van der Waals surface area contributed by atoms with Crippen molar-refractivity contribution in [3.63, 3.8) is 0 Å². The van der Waals surface area contributed by atoms with Gasteiger partial charge in [0.05, 0.1) is 21.7 Å². The summed E-state index contributed by atoms with van der Waals surface area (Å²) < 4.78 is 5.83. The lowest BCUT2D eigenvalue weighted by molar-refractivity contribution is -0.137. The Morgan fingerprint density at radius 2 is 2.04 bits per heavy atom. The SMILES string of the molecule is CC(C)C(=O)Oc1cc(Br)cc(C=Nc2cccc(Cl)c2Cl)c1O. The Bertz CT molecular complexity index is 807. The molecule has 0 radical (unpaired) electrons. The number of nitrogens with zero attached hydrogens (tertiary/aromatic N) is 1. The van der Waals surface area contributed by atoms with E-state index in [1.165, 1.54) is 12.3 Å². The molecule has 2 rings (SSSR count). The van der Waals surface area contributed by atoms with Crippen LogP contribution in [0.3, 0.4) is 0 Å². The standard InChI is InChI=1S/C17H14BrCl2NO3/c1-9(2)17(23)24-14-7-11(18)6-10(16(14)22)8-21-13-5-3-4-12(19)15(13)20/h3-9,22H,1-2H3. The van der Waals surface area contributed by atoms with Crippen LogP contribution < -0.4 is 4.74 Å². The van der Waals surface area contributed by atoms with Gasteiger partial charge in [-0.15, -0.1) is 0 Å². The highest BCUT2D eigenvalue weighted by atomic mass is 79.9. The molecule has 0 heterocycles. The number of hydrogen-bond acceptors (Lipinski definition) is 4. The fourth-order valence-electron chi connectivity index (χ4n) is 1.73. The summed E-state index contributed by atoms with van der Waals surface area (Å²) in [5.41, 5.74) is 0.830. The zero-order chi connectivity index (χ0) is 17.9. The monoisotopic (exact) mass is 429 g/mol. The number of carbonyl (C=O) groups excluding carboxylic acids is 1. The van der Waals surface area contributed by atoms with Crippen molar-refractivity contribution in [1.82, 2.24) is 0 Å². The quantitative estimate of drug-likeness (QED) is 0.380. The fourth-order valence-corrected chi connectivity index (χ4v) is 2.53. The maximum Gasteiger partial charge on any atom is 0.313 e. The molecule has 0 aromatic heterocycles. The minimum absolute atomic E-state index is 0.0571. The van der Waals surface area contributed by atoms with Crippen molar-refractivity contribution in [2.75, 3.05) is 0 Å². The van der Waals surface area contributed by atoms with Crippen molar-refractivity contribution in [1.29, 1.82) is 0 Å². The Morgan fingerprint density at radius 1 is 1.33 bits per heavy atom. The molecule has 4 nitrogen and oxygen atoms in total. The maximum atomic E-state index is 11.7. The number of ether oxygens (including phenoxy) is 1. The smallest absolute Gasteiger partial charge is 0.313 e. The molecule has 0 spiro atoms. The minimum Gasteiger partial charge on any atom is -0.504 e. The largest absolute Gasteiger partial charge is 0.504 e. The molecule has 0 fully saturated rings. The van der Waals surface area contributed by atoms with E-state index in [-0.39, 0.29) is 17.4 Å². The number of aromatic hydroxyl groups is 1. The first kappa shape index (κ1) is 18.8. The molecule has 0 saturated heterocycles. The summed E-state index contributed by atoms with van der Waals surface area (Å²) in [6.07, 6.45) is 1.42. The molecule has 7 heteroatoms. The predicted molar refractivity (Wildman–Crippen MR) is 100.0 cm³/mol. The summed E-state index contributed by atoms with van der Waals surface area (Å²) >= 11 is 15.3. The summed E-state index contributed by atoms with van der Waals surface area (Å²) in [5.74, 6) is -0.884. The van der Waals surface area contributed by atoms with Crippen molar-refractivity contribution < 1.29 is 14.6 Å². The van der Waals surface area contributed by atoms with E-state index in [4.69, 9.17) is 27.9 Å². The van der Waals surface area contributed by atoms with Gasteiger partial charge in [0.25, 0.3) is 0 Å². The average molecular weight is 431 g/mol. The van der Waals surface area contributed by atoms with Gasteiger partial charge in [-0.3, -0.25) is 9.79 Å². The van der Waals surface area contributed by atoms with Crippen LogP contribution in [0.2, 0.25) is 10.0 Å². The van der Waals surface area contributed by atoms with Gasteiger partial charge in [0, 0.05) is 16.3 Å². The summed E-state index contributed by atoms with van der Waals surface area (Å²) in [6.45, 7) is 3.42. The topological polar surface area (TPSA) is 58.9 Å². The van der Waals surface area contributed by atoms with Gasteiger partial charge in [0.15, 0.2) is 11.5 Å². The van der Waals surface area contributed by atoms with Gasteiger partial charge in [-0.1, -0.05) is 59.0 Å². The van der Waals surface area contributed by atoms with E-state index in [1.807, 2.05) is 0 Å². The van der Waals surface area contributed by atoms with E-state index < -0.39 is 5.97 Å². The number of esters is 1. The summed E-state index contributed by atoms with van der Waals surface area (Å²) in [7, 11) is 0. The zero-order valence-corrected chi connectivity index (χ0v) is 16.0. The molecule has 2 aromatic rings. The highest BCUT2D eigenvalue weighted by molar-refractivity contribution is 9.10. The summed E-state index contributed by atoms with van der Waals surface area (Å²) in [5, 5.41) is 11.0. The van der Waals surface area contributed by atoms with Gasteiger partial charge in [0.2, 0.25) is 0 Å². The molecule has 0 atom stereocenters. The molecule has 1 N–H and O–H groups in total. The van der Waals surface area contributed by atoms with Crippen LogP contribution >= 0.6 is 39.1 Å². The Morgan fingerprint density at radius 3 is 2.71 bits per heavy atom. The molecule has 0 saturated carbocycles. The third-order valence-electron chi connectivity index (χ3n) is 3.03. The van der Waals surface area contributed by atoms with E-state index in [1.54, 1.807) is 38.1 Å². The van der Waals surface area contributed by atoms with E-state index in [2.05, 4.69) is 20.9 Å². The van der Waals surface area contributed by atoms with Crippen molar-refractivity contribution in [2.24, 2.45) is 10.9 Å². The van der Waals surface area contributed by atoms with Crippen LogP contribution in [0, 0.1) is 5.92 Å². The molecule has 0 aliphatic carbocycles.